The molecule has 1 saturated heterocycles. The van der Waals surface area contributed by atoms with Gasteiger partial charge in [-0.15, -0.1) is 0 Å². The normalized spacial score (nSPS) is 22.9. The standard InChI is InChI=1S/C13H15BrFNO2/c14-8-7-10-13(18-6-2-5-17-10)11(12(8)15)9-3-1-4-16-9/h7,9,16H,1-6H2. The van der Waals surface area contributed by atoms with Crippen LogP contribution >= 0.6 is 15.9 Å². The SMILES string of the molecule is Fc1c(Br)cc2c(c1C1CCCN1)OCCCO2. The Bertz CT molecular complexity index is 461. The van der Waals surface area contributed by atoms with E-state index in [9.17, 15) is 4.39 Å². The van der Waals surface area contributed by atoms with Crippen LogP contribution in [0.4, 0.5) is 4.39 Å². The van der Waals surface area contributed by atoms with Crippen LogP contribution in [0.25, 0.3) is 0 Å². The molecule has 18 heavy (non-hydrogen) atoms. The second kappa shape index (κ2) is 5.05. The molecule has 5 heteroatoms. The summed E-state index contributed by atoms with van der Waals surface area (Å²) in [5.41, 5.74) is 0.610. The van der Waals surface area contributed by atoms with Crippen LogP contribution in [0.1, 0.15) is 30.9 Å². The van der Waals surface area contributed by atoms with E-state index in [0.717, 1.165) is 25.8 Å². The fourth-order valence-corrected chi connectivity index (χ4v) is 2.94. The van der Waals surface area contributed by atoms with Gasteiger partial charge >= 0.3 is 0 Å². The smallest absolute Gasteiger partial charge is 0.168 e. The van der Waals surface area contributed by atoms with E-state index in [-0.39, 0.29) is 11.9 Å². The van der Waals surface area contributed by atoms with Gasteiger partial charge in [-0.1, -0.05) is 0 Å². The number of benzene rings is 1. The van der Waals surface area contributed by atoms with E-state index >= 15 is 0 Å². The van der Waals surface area contributed by atoms with Gasteiger partial charge in [0.05, 0.1) is 23.2 Å². The van der Waals surface area contributed by atoms with Crippen molar-refractivity contribution in [1.29, 1.82) is 0 Å². The minimum absolute atomic E-state index is 0.0259. The van der Waals surface area contributed by atoms with Gasteiger partial charge in [-0.2, -0.15) is 0 Å². The fraction of sp³-hybridized carbons (Fsp3) is 0.538. The zero-order valence-corrected chi connectivity index (χ0v) is 11.6. The summed E-state index contributed by atoms with van der Waals surface area (Å²) < 4.78 is 26.1. The average Bonchev–Trinajstić information content (AvgIpc) is 2.78. The largest absolute Gasteiger partial charge is 0.490 e. The zero-order valence-electron chi connectivity index (χ0n) is 9.97. The molecule has 0 saturated carbocycles. The Balaban J connectivity index is 2.11. The second-order valence-corrected chi connectivity index (χ2v) is 5.47. The Labute approximate surface area is 114 Å². The number of hydrogen-bond acceptors (Lipinski definition) is 3. The summed E-state index contributed by atoms with van der Waals surface area (Å²) in [5.74, 6) is 0.982. The summed E-state index contributed by atoms with van der Waals surface area (Å²) in [6.07, 6.45) is 2.82. The molecular weight excluding hydrogens is 301 g/mol. The molecule has 1 atom stereocenters. The number of rotatable bonds is 1. The molecule has 1 N–H and O–H groups in total. The molecular formula is C13H15BrFNO2. The molecule has 1 unspecified atom stereocenters. The summed E-state index contributed by atoms with van der Waals surface area (Å²) in [4.78, 5) is 0. The number of hydrogen-bond donors (Lipinski definition) is 1. The van der Waals surface area contributed by atoms with E-state index in [2.05, 4.69) is 21.2 Å². The second-order valence-electron chi connectivity index (χ2n) is 4.61. The molecule has 2 aliphatic rings. The predicted molar refractivity (Wildman–Crippen MR) is 69.7 cm³/mol. The van der Waals surface area contributed by atoms with Crippen LogP contribution in [0, 0.1) is 5.82 Å². The van der Waals surface area contributed by atoms with Gasteiger partial charge in [0.25, 0.3) is 0 Å². The first-order chi connectivity index (χ1) is 8.77. The molecule has 1 aromatic carbocycles. The van der Waals surface area contributed by atoms with Crippen molar-refractivity contribution in [2.24, 2.45) is 0 Å². The van der Waals surface area contributed by atoms with Gasteiger partial charge in [0.1, 0.15) is 5.82 Å². The summed E-state index contributed by atoms with van der Waals surface area (Å²) >= 11 is 3.26. The summed E-state index contributed by atoms with van der Waals surface area (Å²) in [6, 6.07) is 1.69. The molecule has 0 radical (unpaired) electrons. The molecule has 2 heterocycles. The topological polar surface area (TPSA) is 30.5 Å². The Morgan fingerprint density at radius 1 is 1.28 bits per heavy atom. The van der Waals surface area contributed by atoms with E-state index < -0.39 is 0 Å². The van der Waals surface area contributed by atoms with Gasteiger partial charge in [-0.3, -0.25) is 0 Å². The Morgan fingerprint density at radius 2 is 2.11 bits per heavy atom. The maximum absolute atomic E-state index is 14.4. The highest BCUT2D eigenvalue weighted by Crippen LogP contribution is 2.43. The minimum atomic E-state index is -0.237. The van der Waals surface area contributed by atoms with E-state index in [0.29, 0.717) is 34.7 Å². The van der Waals surface area contributed by atoms with E-state index in [1.54, 1.807) is 6.07 Å². The Hall–Kier alpha value is -0.810. The Morgan fingerprint density at radius 3 is 2.89 bits per heavy atom. The molecule has 0 amide bonds. The van der Waals surface area contributed by atoms with Crippen molar-refractivity contribution in [1.82, 2.24) is 5.32 Å². The molecule has 0 aliphatic carbocycles. The molecule has 3 rings (SSSR count). The van der Waals surface area contributed by atoms with Crippen LogP contribution in [-0.2, 0) is 0 Å². The quantitative estimate of drug-likeness (QED) is 0.863. The maximum atomic E-state index is 14.4. The molecule has 1 aromatic rings. The maximum Gasteiger partial charge on any atom is 0.168 e. The van der Waals surface area contributed by atoms with Crippen molar-refractivity contribution in [3.8, 4) is 11.5 Å². The predicted octanol–water partition coefficient (Wildman–Crippen LogP) is 3.17. The lowest BCUT2D eigenvalue weighted by atomic mass is 10.0. The molecule has 1 fully saturated rings. The highest BCUT2D eigenvalue weighted by atomic mass is 79.9. The average molecular weight is 316 g/mol. The van der Waals surface area contributed by atoms with Crippen molar-refractivity contribution in [2.45, 2.75) is 25.3 Å². The molecule has 2 aliphatic heterocycles. The minimum Gasteiger partial charge on any atom is -0.490 e. The molecule has 0 aromatic heterocycles. The number of fused-ring (bicyclic) bond motifs is 1. The van der Waals surface area contributed by atoms with Crippen molar-refractivity contribution >= 4 is 15.9 Å². The van der Waals surface area contributed by atoms with Crippen molar-refractivity contribution in [3.05, 3.63) is 21.9 Å². The van der Waals surface area contributed by atoms with Crippen LogP contribution in [0.2, 0.25) is 0 Å². The highest BCUT2D eigenvalue weighted by Gasteiger charge is 2.29. The first-order valence-electron chi connectivity index (χ1n) is 6.28. The van der Waals surface area contributed by atoms with Crippen LogP contribution in [0.3, 0.4) is 0 Å². The van der Waals surface area contributed by atoms with Gasteiger partial charge < -0.3 is 14.8 Å². The van der Waals surface area contributed by atoms with Crippen LogP contribution in [0.15, 0.2) is 10.5 Å². The monoisotopic (exact) mass is 315 g/mol. The van der Waals surface area contributed by atoms with Crippen molar-refractivity contribution in [3.63, 3.8) is 0 Å². The summed E-state index contributed by atoms with van der Waals surface area (Å²) in [6.45, 7) is 2.11. The molecule has 98 valence electrons. The van der Waals surface area contributed by atoms with Crippen LogP contribution in [0.5, 0.6) is 11.5 Å². The zero-order chi connectivity index (χ0) is 12.5. The summed E-state index contributed by atoms with van der Waals surface area (Å²) in [5, 5.41) is 3.32. The first-order valence-corrected chi connectivity index (χ1v) is 7.07. The van der Waals surface area contributed by atoms with Crippen LogP contribution < -0.4 is 14.8 Å². The highest BCUT2D eigenvalue weighted by molar-refractivity contribution is 9.10. The molecule has 0 bridgehead atoms. The van der Waals surface area contributed by atoms with Gasteiger partial charge in [0.2, 0.25) is 0 Å². The lowest BCUT2D eigenvalue weighted by Gasteiger charge is -2.19. The van der Waals surface area contributed by atoms with Crippen molar-refractivity contribution < 1.29 is 13.9 Å². The summed E-state index contributed by atoms with van der Waals surface area (Å²) in [7, 11) is 0. The fourth-order valence-electron chi connectivity index (χ4n) is 2.52. The van der Waals surface area contributed by atoms with Crippen LogP contribution in [-0.4, -0.2) is 19.8 Å². The van der Waals surface area contributed by atoms with Gasteiger partial charge in [-0.25, -0.2) is 4.39 Å². The lowest BCUT2D eigenvalue weighted by molar-refractivity contribution is 0.295. The van der Waals surface area contributed by atoms with Gasteiger partial charge in [0, 0.05) is 18.5 Å². The van der Waals surface area contributed by atoms with Gasteiger partial charge in [0.15, 0.2) is 11.5 Å². The number of nitrogens with one attached hydrogen (secondary N) is 1. The lowest BCUT2D eigenvalue weighted by Crippen LogP contribution is -2.16. The third kappa shape index (κ3) is 2.10. The van der Waals surface area contributed by atoms with E-state index in [1.807, 2.05) is 0 Å². The third-order valence-corrected chi connectivity index (χ3v) is 3.95. The Kier molecular flexibility index (Phi) is 3.43. The molecule has 0 spiro atoms. The van der Waals surface area contributed by atoms with Crippen molar-refractivity contribution in [2.75, 3.05) is 19.8 Å². The molecule has 3 nitrogen and oxygen atoms in total. The van der Waals surface area contributed by atoms with E-state index in [4.69, 9.17) is 9.47 Å². The number of ether oxygens (including phenoxy) is 2. The number of halogens is 2. The van der Waals surface area contributed by atoms with E-state index in [1.165, 1.54) is 0 Å². The first kappa shape index (κ1) is 12.2. The third-order valence-electron chi connectivity index (χ3n) is 3.37. The van der Waals surface area contributed by atoms with Gasteiger partial charge in [-0.05, 0) is 35.3 Å².